The monoisotopic (exact) mass is 369 g/mol. The number of nitrogens with zero attached hydrogens (tertiary/aromatic N) is 1. The summed E-state index contributed by atoms with van der Waals surface area (Å²) in [4.78, 5) is 4.27. The van der Waals surface area contributed by atoms with Crippen molar-refractivity contribution in [1.29, 1.82) is 0 Å². The van der Waals surface area contributed by atoms with Gasteiger partial charge in [0.2, 0.25) is 0 Å². The molecule has 1 aromatic carbocycles. The molecule has 0 atom stereocenters. The van der Waals surface area contributed by atoms with Gasteiger partial charge >= 0.3 is 6.61 Å². The highest BCUT2D eigenvalue weighted by atomic mass is 19.3. The Kier molecular flexibility index (Phi) is 7.94. The van der Waals surface area contributed by atoms with Crippen molar-refractivity contribution in [3.63, 3.8) is 0 Å². The number of nitrogens with one attached hydrogen (secondary N) is 2. The second-order valence-corrected chi connectivity index (χ2v) is 6.71. The molecule has 1 aliphatic rings. The van der Waals surface area contributed by atoms with Gasteiger partial charge in [-0.15, -0.1) is 0 Å². The van der Waals surface area contributed by atoms with Crippen LogP contribution in [0, 0.1) is 5.92 Å². The Morgan fingerprint density at radius 1 is 1.23 bits per heavy atom. The molecule has 0 amide bonds. The maximum absolute atomic E-state index is 12.5. The maximum atomic E-state index is 12.5. The zero-order chi connectivity index (χ0) is 18.9. The Bertz CT molecular complexity index is 588. The van der Waals surface area contributed by atoms with Crippen LogP contribution in [0.4, 0.5) is 8.78 Å². The fraction of sp³-hybridized carbons (Fsp3) is 0.632. The molecule has 1 fully saturated rings. The molecule has 0 bridgehead atoms. The van der Waals surface area contributed by atoms with Crippen LogP contribution in [-0.2, 0) is 6.42 Å². The Morgan fingerprint density at radius 2 is 1.96 bits per heavy atom. The lowest BCUT2D eigenvalue weighted by molar-refractivity contribution is -0.0512. The number of guanidine groups is 1. The first-order valence-corrected chi connectivity index (χ1v) is 9.10. The van der Waals surface area contributed by atoms with Gasteiger partial charge in [0, 0.05) is 19.6 Å². The number of benzene rings is 1. The minimum absolute atomic E-state index is 0.0545. The Hall–Kier alpha value is -2.05. The number of rotatable bonds is 7. The second-order valence-electron chi connectivity index (χ2n) is 6.71. The Balaban J connectivity index is 1.83. The molecule has 1 aromatic rings. The van der Waals surface area contributed by atoms with Crippen LogP contribution in [0.25, 0.3) is 0 Å². The Labute approximate surface area is 154 Å². The van der Waals surface area contributed by atoms with E-state index in [0.717, 1.165) is 30.3 Å². The molecule has 2 rings (SSSR count). The molecule has 0 radical (unpaired) electrons. The lowest BCUT2D eigenvalue weighted by Crippen LogP contribution is -2.45. The van der Waals surface area contributed by atoms with Gasteiger partial charge in [-0.3, -0.25) is 4.99 Å². The van der Waals surface area contributed by atoms with Gasteiger partial charge < -0.3 is 20.1 Å². The van der Waals surface area contributed by atoms with Gasteiger partial charge in [0.05, 0.1) is 7.11 Å². The largest absolute Gasteiger partial charge is 0.493 e. The number of hydrogen-bond donors (Lipinski definition) is 2. The summed E-state index contributed by atoms with van der Waals surface area (Å²) in [7, 11) is 3.18. The third kappa shape index (κ3) is 6.35. The summed E-state index contributed by atoms with van der Waals surface area (Å²) in [5.74, 6) is 1.94. The molecule has 7 heteroatoms. The van der Waals surface area contributed by atoms with Gasteiger partial charge in [-0.05, 0) is 55.7 Å². The van der Waals surface area contributed by atoms with E-state index >= 15 is 0 Å². The lowest BCUT2D eigenvalue weighted by Gasteiger charge is -2.28. The van der Waals surface area contributed by atoms with Crippen molar-refractivity contribution >= 4 is 5.96 Å². The highest BCUT2D eigenvalue weighted by Crippen LogP contribution is 2.29. The molecule has 0 aliphatic heterocycles. The van der Waals surface area contributed by atoms with E-state index in [0.29, 0.717) is 24.8 Å². The van der Waals surface area contributed by atoms with Crippen molar-refractivity contribution < 1.29 is 18.3 Å². The number of hydrogen-bond acceptors (Lipinski definition) is 3. The molecule has 5 nitrogen and oxygen atoms in total. The van der Waals surface area contributed by atoms with Crippen LogP contribution in [0.2, 0.25) is 0 Å². The molecule has 2 N–H and O–H groups in total. The van der Waals surface area contributed by atoms with Gasteiger partial charge in [-0.25, -0.2) is 0 Å². The first kappa shape index (κ1) is 20.3. The fourth-order valence-corrected chi connectivity index (χ4v) is 3.18. The quantitative estimate of drug-likeness (QED) is 0.570. The van der Waals surface area contributed by atoms with Crippen LogP contribution in [0.3, 0.4) is 0 Å². The minimum atomic E-state index is -2.88. The summed E-state index contributed by atoms with van der Waals surface area (Å²) in [5.41, 5.74) is 0.885. The standard InChI is InChI=1S/C19H29F2N3O2/c1-13-4-7-15(8-5-13)24-19(22-2)23-11-10-14-6-9-16(25-3)17(12-14)26-18(20)21/h6,9,12-13,15,18H,4-5,7-8,10-11H2,1-3H3,(H2,22,23,24). The van der Waals surface area contributed by atoms with Crippen molar-refractivity contribution in [3.05, 3.63) is 23.8 Å². The molecular weight excluding hydrogens is 340 g/mol. The van der Waals surface area contributed by atoms with E-state index in [-0.39, 0.29) is 5.75 Å². The smallest absolute Gasteiger partial charge is 0.387 e. The summed E-state index contributed by atoms with van der Waals surface area (Å²) in [6, 6.07) is 5.54. The van der Waals surface area contributed by atoms with Crippen molar-refractivity contribution in [2.24, 2.45) is 10.9 Å². The van der Waals surface area contributed by atoms with Gasteiger partial charge in [0.15, 0.2) is 17.5 Å². The summed E-state index contributed by atoms with van der Waals surface area (Å²) in [5, 5.41) is 6.75. The predicted octanol–water partition coefficient (Wildman–Crippen LogP) is 3.58. The van der Waals surface area contributed by atoms with E-state index in [1.54, 1.807) is 19.2 Å². The molecule has 146 valence electrons. The first-order chi connectivity index (χ1) is 12.5. The van der Waals surface area contributed by atoms with Gasteiger partial charge in [-0.1, -0.05) is 13.0 Å². The summed E-state index contributed by atoms with van der Waals surface area (Å²) >= 11 is 0. The molecule has 26 heavy (non-hydrogen) atoms. The van der Waals surface area contributed by atoms with Crippen molar-refractivity contribution in [2.75, 3.05) is 20.7 Å². The molecule has 0 heterocycles. The maximum Gasteiger partial charge on any atom is 0.387 e. The normalized spacial score (nSPS) is 20.8. The van der Waals surface area contributed by atoms with E-state index in [4.69, 9.17) is 4.74 Å². The van der Waals surface area contributed by atoms with Gasteiger partial charge in [0.1, 0.15) is 0 Å². The zero-order valence-corrected chi connectivity index (χ0v) is 15.7. The molecule has 0 saturated heterocycles. The Morgan fingerprint density at radius 3 is 2.58 bits per heavy atom. The van der Waals surface area contributed by atoms with Gasteiger partial charge in [-0.2, -0.15) is 8.78 Å². The first-order valence-electron chi connectivity index (χ1n) is 9.10. The van der Waals surface area contributed by atoms with E-state index < -0.39 is 6.61 Å². The highest BCUT2D eigenvalue weighted by Gasteiger charge is 2.18. The topological polar surface area (TPSA) is 54.9 Å². The second kappa shape index (κ2) is 10.2. The summed E-state index contributed by atoms with van der Waals surface area (Å²) in [6.07, 6.45) is 5.47. The van der Waals surface area contributed by atoms with E-state index in [2.05, 4.69) is 27.3 Å². The van der Waals surface area contributed by atoms with E-state index in [1.807, 2.05) is 6.07 Å². The van der Waals surface area contributed by atoms with Crippen molar-refractivity contribution in [1.82, 2.24) is 10.6 Å². The number of methoxy groups -OCH3 is 1. The van der Waals surface area contributed by atoms with Crippen molar-refractivity contribution in [3.8, 4) is 11.5 Å². The van der Waals surface area contributed by atoms with E-state index in [1.165, 1.54) is 20.0 Å². The third-order valence-electron chi connectivity index (χ3n) is 4.73. The number of ether oxygens (including phenoxy) is 2. The molecule has 1 saturated carbocycles. The van der Waals surface area contributed by atoms with Crippen molar-refractivity contribution in [2.45, 2.75) is 51.7 Å². The van der Waals surface area contributed by atoms with Crippen LogP contribution >= 0.6 is 0 Å². The third-order valence-corrected chi connectivity index (χ3v) is 4.73. The lowest BCUT2D eigenvalue weighted by atomic mass is 9.87. The molecule has 0 aromatic heterocycles. The van der Waals surface area contributed by atoms with Crippen LogP contribution < -0.4 is 20.1 Å². The number of alkyl halides is 2. The van der Waals surface area contributed by atoms with Gasteiger partial charge in [0.25, 0.3) is 0 Å². The zero-order valence-electron chi connectivity index (χ0n) is 15.7. The molecule has 0 spiro atoms. The van der Waals surface area contributed by atoms with Crippen LogP contribution in [-0.4, -0.2) is 39.3 Å². The average molecular weight is 369 g/mol. The summed E-state index contributed by atoms with van der Waals surface area (Å²) in [6.45, 7) is 0.0615. The molecule has 1 aliphatic carbocycles. The average Bonchev–Trinajstić information content (AvgIpc) is 2.62. The number of halogens is 2. The fourth-order valence-electron chi connectivity index (χ4n) is 3.18. The molecular formula is C19H29F2N3O2. The highest BCUT2D eigenvalue weighted by molar-refractivity contribution is 5.79. The van der Waals surface area contributed by atoms with Crippen LogP contribution in [0.1, 0.15) is 38.2 Å². The number of aliphatic imine (C=N–C) groups is 1. The minimum Gasteiger partial charge on any atom is -0.493 e. The van der Waals surface area contributed by atoms with Crippen LogP contribution in [0.15, 0.2) is 23.2 Å². The SMILES string of the molecule is CN=C(NCCc1ccc(OC)c(OC(F)F)c1)NC1CCC(C)CC1. The molecule has 0 unspecified atom stereocenters. The predicted molar refractivity (Wildman–Crippen MR) is 99.2 cm³/mol. The summed E-state index contributed by atoms with van der Waals surface area (Å²) < 4.78 is 34.6. The van der Waals surface area contributed by atoms with Crippen LogP contribution in [0.5, 0.6) is 11.5 Å². The van der Waals surface area contributed by atoms with E-state index in [9.17, 15) is 8.78 Å².